The molecule has 108 valence electrons. The third kappa shape index (κ3) is 3.16. The summed E-state index contributed by atoms with van der Waals surface area (Å²) in [6.45, 7) is 0. The average Bonchev–Trinajstić information content (AvgIpc) is 2.77. The Morgan fingerprint density at radius 2 is 1.95 bits per heavy atom. The molecule has 20 heavy (non-hydrogen) atoms. The summed E-state index contributed by atoms with van der Waals surface area (Å²) < 4.78 is 22.9. The first-order chi connectivity index (χ1) is 9.30. The second-order valence-corrected chi connectivity index (χ2v) is 7.58. The summed E-state index contributed by atoms with van der Waals surface area (Å²) in [6, 6.07) is 6.98. The Morgan fingerprint density at radius 1 is 1.35 bits per heavy atom. The lowest BCUT2D eigenvalue weighted by atomic mass is 10.1. The molecule has 1 aliphatic rings. The Labute approximate surface area is 123 Å². The minimum atomic E-state index is -3.06. The average molecular weight is 312 g/mol. The van der Waals surface area contributed by atoms with E-state index in [1.165, 1.54) is 4.90 Å². The van der Waals surface area contributed by atoms with Gasteiger partial charge in [-0.15, -0.1) is 0 Å². The Bertz CT molecular complexity index is 638. The van der Waals surface area contributed by atoms with Gasteiger partial charge in [-0.3, -0.25) is 4.79 Å². The number of nitrogens with zero attached hydrogens (tertiary/aromatic N) is 1. The van der Waals surface area contributed by atoms with Crippen LogP contribution < -0.4 is 10.6 Å². The summed E-state index contributed by atoms with van der Waals surface area (Å²) >= 11 is 4.87. The van der Waals surface area contributed by atoms with Gasteiger partial charge in [-0.1, -0.05) is 12.2 Å². The molecule has 2 N–H and O–H groups in total. The summed E-state index contributed by atoms with van der Waals surface area (Å²) in [4.78, 5) is 14.0. The van der Waals surface area contributed by atoms with E-state index in [2.05, 4.69) is 0 Å². The van der Waals surface area contributed by atoms with Crippen LogP contribution in [0.2, 0.25) is 0 Å². The molecule has 1 unspecified atom stereocenters. The third-order valence-electron chi connectivity index (χ3n) is 3.45. The second kappa shape index (κ2) is 5.49. The first-order valence-electron chi connectivity index (χ1n) is 6.18. The van der Waals surface area contributed by atoms with E-state index < -0.39 is 15.8 Å². The quantitative estimate of drug-likeness (QED) is 0.832. The van der Waals surface area contributed by atoms with Gasteiger partial charge in [0.15, 0.2) is 9.84 Å². The molecule has 2 rings (SSSR count). The van der Waals surface area contributed by atoms with E-state index >= 15 is 0 Å². The summed E-state index contributed by atoms with van der Waals surface area (Å²) in [5, 5.41) is 0. The van der Waals surface area contributed by atoms with Gasteiger partial charge in [-0.05, 0) is 30.7 Å². The van der Waals surface area contributed by atoms with Crippen molar-refractivity contribution in [2.45, 2.75) is 6.42 Å². The maximum absolute atomic E-state index is 12.3. The highest BCUT2D eigenvalue weighted by molar-refractivity contribution is 7.91. The van der Waals surface area contributed by atoms with Gasteiger partial charge in [0.1, 0.15) is 4.99 Å². The number of amides is 1. The van der Waals surface area contributed by atoms with E-state index in [4.69, 9.17) is 18.0 Å². The number of thiocarbonyl (C=S) groups is 1. The predicted molar refractivity (Wildman–Crippen MR) is 82.5 cm³/mol. The standard InChI is InChI=1S/C13H16N2O3S2/c1-15(11-4-2-9(3-5-11)12(14)19)13(16)10-6-7-20(17,18)8-10/h2-5,10H,6-8H2,1H3,(H2,14,19). The minimum absolute atomic E-state index is 0.0544. The van der Waals surface area contributed by atoms with E-state index in [1.807, 2.05) is 0 Å². The van der Waals surface area contributed by atoms with Crippen LogP contribution >= 0.6 is 12.2 Å². The lowest BCUT2D eigenvalue weighted by Gasteiger charge is -2.20. The van der Waals surface area contributed by atoms with Crippen molar-refractivity contribution in [1.82, 2.24) is 0 Å². The Morgan fingerprint density at radius 3 is 2.40 bits per heavy atom. The fourth-order valence-electron chi connectivity index (χ4n) is 2.24. The predicted octanol–water partition coefficient (Wildman–Crippen LogP) is 0.718. The zero-order valence-corrected chi connectivity index (χ0v) is 12.7. The molecular weight excluding hydrogens is 296 g/mol. The highest BCUT2D eigenvalue weighted by Crippen LogP contribution is 2.23. The van der Waals surface area contributed by atoms with E-state index in [0.717, 1.165) is 5.56 Å². The number of sulfone groups is 1. The molecule has 1 amide bonds. The molecule has 1 aromatic rings. The van der Waals surface area contributed by atoms with Crippen LogP contribution in [0, 0.1) is 5.92 Å². The molecule has 0 radical (unpaired) electrons. The molecule has 1 fully saturated rings. The van der Waals surface area contributed by atoms with Gasteiger partial charge in [-0.25, -0.2) is 8.42 Å². The van der Waals surface area contributed by atoms with Crippen molar-refractivity contribution in [2.24, 2.45) is 11.7 Å². The van der Waals surface area contributed by atoms with Gasteiger partial charge >= 0.3 is 0 Å². The zero-order valence-electron chi connectivity index (χ0n) is 11.1. The lowest BCUT2D eigenvalue weighted by molar-refractivity contribution is -0.121. The van der Waals surface area contributed by atoms with Gasteiger partial charge in [0.05, 0.1) is 17.4 Å². The minimum Gasteiger partial charge on any atom is -0.389 e. The summed E-state index contributed by atoms with van der Waals surface area (Å²) in [5.74, 6) is -0.576. The van der Waals surface area contributed by atoms with Gasteiger partial charge in [0.2, 0.25) is 5.91 Å². The lowest BCUT2D eigenvalue weighted by Crippen LogP contribution is -2.33. The number of carbonyl (C=O) groups excluding carboxylic acids is 1. The zero-order chi connectivity index (χ0) is 14.9. The van der Waals surface area contributed by atoms with Crippen LogP contribution in [0.3, 0.4) is 0 Å². The number of carbonyl (C=O) groups is 1. The normalized spacial score (nSPS) is 20.6. The SMILES string of the molecule is CN(C(=O)C1CCS(=O)(=O)C1)c1ccc(C(N)=S)cc1. The Hall–Kier alpha value is -1.47. The van der Waals surface area contributed by atoms with E-state index in [0.29, 0.717) is 17.1 Å². The molecule has 1 aromatic carbocycles. The van der Waals surface area contributed by atoms with Crippen molar-refractivity contribution in [3.05, 3.63) is 29.8 Å². The Balaban J connectivity index is 2.13. The third-order valence-corrected chi connectivity index (χ3v) is 5.46. The molecule has 0 aliphatic carbocycles. The van der Waals surface area contributed by atoms with Crippen LogP contribution in [0.1, 0.15) is 12.0 Å². The molecule has 5 nitrogen and oxygen atoms in total. The number of benzene rings is 1. The number of hydrogen-bond donors (Lipinski definition) is 1. The molecule has 1 saturated heterocycles. The van der Waals surface area contributed by atoms with E-state index in [-0.39, 0.29) is 17.4 Å². The molecule has 0 spiro atoms. The molecule has 7 heteroatoms. The van der Waals surface area contributed by atoms with Crippen LogP contribution in [0.5, 0.6) is 0 Å². The maximum atomic E-state index is 12.3. The number of hydrogen-bond acceptors (Lipinski definition) is 4. The van der Waals surface area contributed by atoms with Crippen LogP contribution in [-0.4, -0.2) is 37.9 Å². The van der Waals surface area contributed by atoms with Crippen molar-refractivity contribution < 1.29 is 13.2 Å². The van der Waals surface area contributed by atoms with E-state index in [1.54, 1.807) is 31.3 Å². The second-order valence-electron chi connectivity index (χ2n) is 4.91. The highest BCUT2D eigenvalue weighted by atomic mass is 32.2. The van der Waals surface area contributed by atoms with Gasteiger partial charge in [0, 0.05) is 18.3 Å². The van der Waals surface area contributed by atoms with Crippen molar-refractivity contribution in [2.75, 3.05) is 23.5 Å². The van der Waals surface area contributed by atoms with Crippen molar-refractivity contribution >= 4 is 38.6 Å². The molecule has 0 bridgehead atoms. The molecule has 0 aromatic heterocycles. The fourth-order valence-corrected chi connectivity index (χ4v) is 4.11. The van der Waals surface area contributed by atoms with Crippen LogP contribution in [0.15, 0.2) is 24.3 Å². The molecule has 1 atom stereocenters. The molecule has 0 saturated carbocycles. The molecular formula is C13H16N2O3S2. The number of anilines is 1. The monoisotopic (exact) mass is 312 g/mol. The van der Waals surface area contributed by atoms with Crippen LogP contribution in [-0.2, 0) is 14.6 Å². The number of nitrogens with two attached hydrogens (primary N) is 1. The smallest absolute Gasteiger partial charge is 0.230 e. The largest absolute Gasteiger partial charge is 0.389 e. The summed E-state index contributed by atoms with van der Waals surface area (Å²) in [7, 11) is -1.41. The topological polar surface area (TPSA) is 80.5 Å². The first kappa shape index (κ1) is 14.9. The summed E-state index contributed by atoms with van der Waals surface area (Å²) in [5.41, 5.74) is 6.94. The van der Waals surface area contributed by atoms with Crippen molar-refractivity contribution in [3.8, 4) is 0 Å². The van der Waals surface area contributed by atoms with Crippen molar-refractivity contribution in [3.63, 3.8) is 0 Å². The first-order valence-corrected chi connectivity index (χ1v) is 8.41. The molecule has 1 heterocycles. The molecule has 1 aliphatic heterocycles. The van der Waals surface area contributed by atoms with Crippen LogP contribution in [0.25, 0.3) is 0 Å². The maximum Gasteiger partial charge on any atom is 0.230 e. The summed E-state index contributed by atoms with van der Waals surface area (Å²) in [6.07, 6.45) is 0.399. The van der Waals surface area contributed by atoms with E-state index in [9.17, 15) is 13.2 Å². The Kier molecular flexibility index (Phi) is 4.10. The van der Waals surface area contributed by atoms with Gasteiger partial charge < -0.3 is 10.6 Å². The highest BCUT2D eigenvalue weighted by Gasteiger charge is 2.34. The van der Waals surface area contributed by atoms with Gasteiger partial charge in [0.25, 0.3) is 0 Å². The number of rotatable bonds is 3. The van der Waals surface area contributed by atoms with Gasteiger partial charge in [-0.2, -0.15) is 0 Å². The van der Waals surface area contributed by atoms with Crippen LogP contribution in [0.4, 0.5) is 5.69 Å². The fraction of sp³-hybridized carbons (Fsp3) is 0.385. The van der Waals surface area contributed by atoms with Crippen molar-refractivity contribution in [1.29, 1.82) is 0 Å².